The average Bonchev–Trinajstić information content (AvgIpc) is 2.84. The summed E-state index contributed by atoms with van der Waals surface area (Å²) in [5.74, 6) is 0.00312. The van der Waals surface area contributed by atoms with Crippen LogP contribution in [-0.4, -0.2) is 29.3 Å². The van der Waals surface area contributed by atoms with Crippen molar-refractivity contribution in [2.45, 2.75) is 27.3 Å². The van der Waals surface area contributed by atoms with Crippen molar-refractivity contribution in [3.05, 3.63) is 47.3 Å². The molecule has 5 nitrogen and oxygen atoms in total. The normalized spacial score (nSPS) is 12.2. The van der Waals surface area contributed by atoms with Crippen molar-refractivity contribution in [3.8, 4) is 5.69 Å². The number of hydrogen-bond acceptors (Lipinski definition) is 3. The molecule has 0 aliphatic rings. The van der Waals surface area contributed by atoms with Gasteiger partial charge in [-0.05, 0) is 38.6 Å². The molecule has 2 rings (SSSR count). The van der Waals surface area contributed by atoms with Gasteiger partial charge in [0.1, 0.15) is 0 Å². The van der Waals surface area contributed by atoms with Gasteiger partial charge in [0.2, 0.25) is 5.91 Å². The Kier molecular flexibility index (Phi) is 5.33. The number of nitrogens with one attached hydrogen (secondary N) is 2. The average molecular weight is 300 g/mol. The SMILES string of the molecule is CNCC(C)C(=O)NCc1ccccc1-n1nc(C)cc1C. The second-order valence-corrected chi connectivity index (χ2v) is 5.64. The lowest BCUT2D eigenvalue weighted by Gasteiger charge is -2.14. The monoisotopic (exact) mass is 300 g/mol. The second kappa shape index (κ2) is 7.22. The van der Waals surface area contributed by atoms with Crippen LogP contribution >= 0.6 is 0 Å². The Morgan fingerprint density at radius 1 is 1.32 bits per heavy atom. The Hall–Kier alpha value is -2.14. The Bertz CT molecular complexity index is 648. The lowest BCUT2D eigenvalue weighted by atomic mass is 10.1. The van der Waals surface area contributed by atoms with Gasteiger partial charge in [-0.1, -0.05) is 25.1 Å². The van der Waals surface area contributed by atoms with E-state index in [-0.39, 0.29) is 11.8 Å². The van der Waals surface area contributed by atoms with Gasteiger partial charge in [0.25, 0.3) is 0 Å². The zero-order chi connectivity index (χ0) is 16.1. The summed E-state index contributed by atoms with van der Waals surface area (Å²) >= 11 is 0. The minimum atomic E-state index is -0.0501. The maximum absolute atomic E-state index is 12.1. The van der Waals surface area contributed by atoms with Gasteiger partial charge in [0.05, 0.1) is 11.4 Å². The van der Waals surface area contributed by atoms with E-state index in [4.69, 9.17) is 0 Å². The molecule has 0 aliphatic carbocycles. The van der Waals surface area contributed by atoms with Crippen LogP contribution in [0, 0.1) is 19.8 Å². The molecule has 118 valence electrons. The summed E-state index contributed by atoms with van der Waals surface area (Å²) in [4.78, 5) is 12.1. The molecule has 0 bridgehead atoms. The fourth-order valence-electron chi connectivity index (χ4n) is 2.50. The van der Waals surface area contributed by atoms with Crippen molar-refractivity contribution in [1.82, 2.24) is 20.4 Å². The molecule has 1 atom stereocenters. The fourth-order valence-corrected chi connectivity index (χ4v) is 2.50. The van der Waals surface area contributed by atoms with E-state index in [1.54, 1.807) is 0 Å². The summed E-state index contributed by atoms with van der Waals surface area (Å²) in [6.07, 6.45) is 0. The van der Waals surface area contributed by atoms with Crippen molar-refractivity contribution >= 4 is 5.91 Å². The van der Waals surface area contributed by atoms with Crippen LogP contribution in [0.4, 0.5) is 0 Å². The van der Waals surface area contributed by atoms with Gasteiger partial charge in [0, 0.05) is 24.7 Å². The molecule has 0 saturated carbocycles. The Balaban J connectivity index is 2.16. The van der Waals surface area contributed by atoms with E-state index in [0.717, 1.165) is 22.6 Å². The van der Waals surface area contributed by atoms with Gasteiger partial charge in [0.15, 0.2) is 0 Å². The molecular weight excluding hydrogens is 276 g/mol. The number of aryl methyl sites for hydroxylation is 2. The van der Waals surface area contributed by atoms with E-state index in [9.17, 15) is 4.79 Å². The van der Waals surface area contributed by atoms with Crippen LogP contribution in [0.15, 0.2) is 30.3 Å². The van der Waals surface area contributed by atoms with Gasteiger partial charge in [-0.3, -0.25) is 4.79 Å². The summed E-state index contributed by atoms with van der Waals surface area (Å²) in [7, 11) is 1.85. The van der Waals surface area contributed by atoms with Gasteiger partial charge >= 0.3 is 0 Å². The number of para-hydroxylation sites is 1. The predicted octanol–water partition coefficient (Wildman–Crippen LogP) is 1.96. The largest absolute Gasteiger partial charge is 0.352 e. The first kappa shape index (κ1) is 16.2. The van der Waals surface area contributed by atoms with E-state index >= 15 is 0 Å². The zero-order valence-corrected chi connectivity index (χ0v) is 13.7. The fraction of sp³-hybridized carbons (Fsp3) is 0.412. The first-order chi connectivity index (χ1) is 10.5. The van der Waals surface area contributed by atoms with Crippen LogP contribution in [0.5, 0.6) is 0 Å². The highest BCUT2D eigenvalue weighted by Gasteiger charge is 2.13. The third-order valence-corrected chi connectivity index (χ3v) is 3.64. The van der Waals surface area contributed by atoms with Crippen LogP contribution in [0.2, 0.25) is 0 Å². The topological polar surface area (TPSA) is 59.0 Å². The number of carbonyl (C=O) groups excluding carboxylic acids is 1. The maximum atomic E-state index is 12.1. The van der Waals surface area contributed by atoms with Crippen molar-refractivity contribution in [1.29, 1.82) is 0 Å². The van der Waals surface area contributed by atoms with E-state index in [2.05, 4.69) is 15.7 Å². The summed E-state index contributed by atoms with van der Waals surface area (Å²) < 4.78 is 1.92. The number of carbonyl (C=O) groups is 1. The van der Waals surface area contributed by atoms with E-state index in [0.29, 0.717) is 13.1 Å². The number of aromatic nitrogens is 2. The highest BCUT2D eigenvalue weighted by Crippen LogP contribution is 2.17. The molecule has 0 spiro atoms. The molecule has 5 heteroatoms. The third kappa shape index (κ3) is 3.74. The van der Waals surface area contributed by atoms with Crippen molar-refractivity contribution < 1.29 is 4.79 Å². The summed E-state index contributed by atoms with van der Waals surface area (Å²) in [5.41, 5.74) is 4.13. The maximum Gasteiger partial charge on any atom is 0.224 e. The smallest absolute Gasteiger partial charge is 0.224 e. The minimum Gasteiger partial charge on any atom is -0.352 e. The predicted molar refractivity (Wildman–Crippen MR) is 88.0 cm³/mol. The molecule has 1 aromatic heterocycles. The van der Waals surface area contributed by atoms with Crippen molar-refractivity contribution in [2.75, 3.05) is 13.6 Å². The van der Waals surface area contributed by atoms with E-state index < -0.39 is 0 Å². The number of benzene rings is 1. The first-order valence-electron chi connectivity index (χ1n) is 7.56. The van der Waals surface area contributed by atoms with Gasteiger partial charge < -0.3 is 10.6 Å². The number of amides is 1. The third-order valence-electron chi connectivity index (χ3n) is 3.64. The summed E-state index contributed by atoms with van der Waals surface area (Å²) in [6.45, 7) is 7.10. The molecule has 0 radical (unpaired) electrons. The van der Waals surface area contributed by atoms with Crippen LogP contribution in [0.25, 0.3) is 5.69 Å². The lowest BCUT2D eigenvalue weighted by Crippen LogP contribution is -2.34. The Morgan fingerprint density at radius 2 is 2.05 bits per heavy atom. The quantitative estimate of drug-likeness (QED) is 0.857. The van der Waals surface area contributed by atoms with Crippen LogP contribution < -0.4 is 10.6 Å². The van der Waals surface area contributed by atoms with Crippen LogP contribution in [0.1, 0.15) is 23.9 Å². The molecule has 0 saturated heterocycles. The van der Waals surface area contributed by atoms with Gasteiger partial charge in [-0.25, -0.2) is 4.68 Å². The molecular formula is C17H24N4O. The molecule has 1 unspecified atom stereocenters. The lowest BCUT2D eigenvalue weighted by molar-refractivity contribution is -0.124. The standard InChI is InChI=1S/C17H24N4O/c1-12(10-18-4)17(22)19-11-15-7-5-6-8-16(15)21-14(3)9-13(2)20-21/h5-9,12,18H,10-11H2,1-4H3,(H,19,22). The molecule has 1 amide bonds. The minimum absolute atomic E-state index is 0.0501. The van der Waals surface area contributed by atoms with Crippen molar-refractivity contribution in [2.24, 2.45) is 5.92 Å². The number of hydrogen-bond donors (Lipinski definition) is 2. The first-order valence-corrected chi connectivity index (χ1v) is 7.56. The molecule has 0 aliphatic heterocycles. The molecule has 1 heterocycles. The highest BCUT2D eigenvalue weighted by molar-refractivity contribution is 5.78. The number of nitrogens with zero attached hydrogens (tertiary/aromatic N) is 2. The van der Waals surface area contributed by atoms with Crippen LogP contribution in [0.3, 0.4) is 0 Å². The Labute approximate surface area is 131 Å². The molecule has 2 N–H and O–H groups in total. The van der Waals surface area contributed by atoms with E-state index in [1.807, 2.05) is 62.8 Å². The molecule has 1 aromatic carbocycles. The molecule has 2 aromatic rings. The van der Waals surface area contributed by atoms with Gasteiger partial charge in [-0.15, -0.1) is 0 Å². The van der Waals surface area contributed by atoms with Crippen molar-refractivity contribution in [3.63, 3.8) is 0 Å². The molecule has 0 fully saturated rings. The zero-order valence-electron chi connectivity index (χ0n) is 13.7. The van der Waals surface area contributed by atoms with Crippen LogP contribution in [-0.2, 0) is 11.3 Å². The number of rotatable bonds is 6. The van der Waals surface area contributed by atoms with Gasteiger partial charge in [-0.2, -0.15) is 5.10 Å². The second-order valence-electron chi connectivity index (χ2n) is 5.64. The molecule has 22 heavy (non-hydrogen) atoms. The van der Waals surface area contributed by atoms with E-state index in [1.165, 1.54) is 0 Å². The Morgan fingerprint density at radius 3 is 2.68 bits per heavy atom. The summed E-state index contributed by atoms with van der Waals surface area (Å²) in [5, 5.41) is 10.5. The highest BCUT2D eigenvalue weighted by atomic mass is 16.1. The summed E-state index contributed by atoms with van der Waals surface area (Å²) in [6, 6.07) is 10.1.